The summed E-state index contributed by atoms with van der Waals surface area (Å²) in [4.78, 5) is 19.1. The van der Waals surface area contributed by atoms with E-state index in [9.17, 15) is 4.79 Å². The van der Waals surface area contributed by atoms with E-state index in [1.165, 1.54) is 38.5 Å². The third-order valence-electron chi connectivity index (χ3n) is 5.52. The first-order valence-electron chi connectivity index (χ1n) is 11.9. The average molecular weight is 417 g/mol. The van der Waals surface area contributed by atoms with Crippen LogP contribution in [0.1, 0.15) is 102 Å². The smallest absolute Gasteiger partial charge is 0.197 e. The maximum Gasteiger partial charge on any atom is 0.197 e. The van der Waals surface area contributed by atoms with Gasteiger partial charge in [-0.1, -0.05) is 57.1 Å². The second kappa shape index (κ2) is 14.7. The van der Waals surface area contributed by atoms with Gasteiger partial charge in [0.05, 0.1) is 11.9 Å². The lowest BCUT2D eigenvalue weighted by Gasteiger charge is -2.02. The van der Waals surface area contributed by atoms with E-state index < -0.39 is 0 Å². The topological polar surface area (TPSA) is 102 Å². The molecule has 0 saturated carbocycles. The van der Waals surface area contributed by atoms with Crippen molar-refractivity contribution in [3.05, 3.63) is 23.8 Å². The highest BCUT2D eigenvalue weighted by Gasteiger charge is 2.05. The van der Waals surface area contributed by atoms with Crippen LogP contribution in [0.25, 0.3) is 0 Å². The molecule has 0 aromatic carbocycles. The molecule has 0 atom stereocenters. The van der Waals surface area contributed by atoms with Crippen molar-refractivity contribution >= 4 is 11.7 Å². The summed E-state index contributed by atoms with van der Waals surface area (Å²) in [7, 11) is 0. The Hall–Kier alpha value is -2.18. The molecule has 0 aliphatic heterocycles. The largest absolute Gasteiger partial charge is 0.369 e. The number of aromatic nitrogens is 5. The van der Waals surface area contributed by atoms with Gasteiger partial charge in [0, 0.05) is 31.3 Å². The maximum atomic E-state index is 12.0. The Labute approximate surface area is 181 Å². The quantitative estimate of drug-likeness (QED) is 0.332. The number of nitrogens with one attached hydrogen (secondary N) is 1. The first-order chi connectivity index (χ1) is 14.7. The zero-order valence-corrected chi connectivity index (χ0v) is 18.7. The first-order valence-corrected chi connectivity index (χ1v) is 11.9. The molecule has 0 radical (unpaired) electrons. The Morgan fingerprint density at radius 3 is 2.43 bits per heavy atom. The molecule has 168 valence electrons. The number of rotatable bonds is 18. The summed E-state index contributed by atoms with van der Waals surface area (Å²) in [5, 5.41) is 8.46. The highest BCUT2D eigenvalue weighted by Crippen LogP contribution is 2.11. The molecular weight excluding hydrogens is 376 g/mol. The van der Waals surface area contributed by atoms with Crippen LogP contribution in [0.3, 0.4) is 0 Å². The van der Waals surface area contributed by atoms with Crippen LogP contribution in [0.5, 0.6) is 0 Å². The fourth-order valence-corrected chi connectivity index (χ4v) is 3.71. The summed E-state index contributed by atoms with van der Waals surface area (Å²) in [6.45, 7) is 3.01. The van der Waals surface area contributed by atoms with E-state index in [0.29, 0.717) is 18.2 Å². The number of carbonyl (C=O) groups excluding carboxylic acids is 1. The lowest BCUT2D eigenvalue weighted by molar-refractivity contribution is -0.119. The third-order valence-corrected chi connectivity index (χ3v) is 5.52. The molecule has 3 N–H and O–H groups in total. The molecule has 0 aliphatic carbocycles. The number of nitrogens with two attached hydrogens (primary N) is 1. The molecule has 0 unspecified atom stereocenters. The number of hydrogen-bond donors (Lipinski definition) is 2. The third kappa shape index (κ3) is 10.6. The van der Waals surface area contributed by atoms with Crippen LogP contribution in [0, 0.1) is 0 Å². The zero-order chi connectivity index (χ0) is 21.4. The van der Waals surface area contributed by atoms with Crippen LogP contribution >= 0.6 is 0 Å². The number of Topliss-reactive ketones (excluding diaryl/α,β-unsaturated/α-hetero) is 1. The van der Waals surface area contributed by atoms with E-state index in [2.05, 4.69) is 27.2 Å². The number of aryl methyl sites for hydroxylation is 3. The van der Waals surface area contributed by atoms with Crippen LogP contribution in [-0.2, 0) is 24.2 Å². The number of unbranched alkanes of at least 4 members (excludes halogenated alkanes) is 8. The number of nitrogens with zero attached hydrogens (tertiary/aromatic N) is 4. The van der Waals surface area contributed by atoms with Crippen molar-refractivity contribution in [3.63, 3.8) is 0 Å². The van der Waals surface area contributed by atoms with Crippen molar-refractivity contribution in [2.75, 3.05) is 5.73 Å². The molecule has 30 heavy (non-hydrogen) atoms. The van der Waals surface area contributed by atoms with Crippen molar-refractivity contribution in [1.29, 1.82) is 0 Å². The second-order valence-corrected chi connectivity index (χ2v) is 8.34. The number of nitrogen functional groups attached to an aromatic ring is 1. The van der Waals surface area contributed by atoms with Crippen LogP contribution in [0.15, 0.2) is 12.4 Å². The second-order valence-electron chi connectivity index (χ2n) is 8.34. The predicted molar refractivity (Wildman–Crippen MR) is 121 cm³/mol. The summed E-state index contributed by atoms with van der Waals surface area (Å²) in [6.07, 6.45) is 20.1. The van der Waals surface area contributed by atoms with Gasteiger partial charge in [-0.3, -0.25) is 9.48 Å². The Kier molecular flexibility index (Phi) is 11.8. The van der Waals surface area contributed by atoms with Crippen molar-refractivity contribution in [3.8, 4) is 0 Å². The highest BCUT2D eigenvalue weighted by atomic mass is 16.1. The summed E-state index contributed by atoms with van der Waals surface area (Å²) in [6, 6.07) is 0. The van der Waals surface area contributed by atoms with Crippen molar-refractivity contribution in [2.24, 2.45) is 0 Å². The normalized spacial score (nSPS) is 11.2. The number of hydrogen-bond acceptors (Lipinski definition) is 5. The number of carbonyl (C=O) groups is 1. The molecule has 0 bridgehead atoms. The Bertz CT molecular complexity index is 708. The lowest BCUT2D eigenvalue weighted by atomic mass is 10.1. The van der Waals surface area contributed by atoms with Gasteiger partial charge in [-0.15, -0.1) is 5.10 Å². The minimum absolute atomic E-state index is 0.392. The van der Waals surface area contributed by atoms with Crippen LogP contribution in [0.4, 0.5) is 5.95 Å². The van der Waals surface area contributed by atoms with E-state index >= 15 is 0 Å². The van der Waals surface area contributed by atoms with E-state index in [4.69, 9.17) is 5.73 Å². The van der Waals surface area contributed by atoms with Gasteiger partial charge < -0.3 is 10.7 Å². The van der Waals surface area contributed by atoms with Gasteiger partial charge in [0.25, 0.3) is 0 Å². The van der Waals surface area contributed by atoms with Gasteiger partial charge in [0.15, 0.2) is 5.95 Å². The first kappa shape index (κ1) is 24.1. The molecule has 2 heterocycles. The average Bonchev–Trinajstić information content (AvgIpc) is 3.36. The molecular formula is C23H40N6O. The fraction of sp³-hybridized carbons (Fsp3) is 0.739. The molecule has 2 aromatic rings. The van der Waals surface area contributed by atoms with Crippen LogP contribution < -0.4 is 5.73 Å². The monoisotopic (exact) mass is 416 g/mol. The molecule has 0 spiro atoms. The Balaban J connectivity index is 1.46. The van der Waals surface area contributed by atoms with Gasteiger partial charge in [0.2, 0.25) is 0 Å². The zero-order valence-electron chi connectivity index (χ0n) is 18.7. The van der Waals surface area contributed by atoms with Gasteiger partial charge >= 0.3 is 0 Å². The number of H-pyrrole nitrogens is 1. The lowest BCUT2D eigenvalue weighted by Crippen LogP contribution is -2.03. The van der Waals surface area contributed by atoms with Crippen LogP contribution in [-0.4, -0.2) is 30.7 Å². The number of imidazole rings is 1. The number of ketones is 1. The van der Waals surface area contributed by atoms with Crippen molar-refractivity contribution in [2.45, 2.75) is 110 Å². The SMILES string of the molecule is CCCCCCCCCC(=O)CCCn1cc(CCCCCc2cnc(N)[nH]2)nn1. The van der Waals surface area contributed by atoms with Gasteiger partial charge in [-0.2, -0.15) is 0 Å². The summed E-state index contributed by atoms with van der Waals surface area (Å²) in [5.41, 5.74) is 7.72. The van der Waals surface area contributed by atoms with Gasteiger partial charge in [-0.05, 0) is 38.5 Å². The van der Waals surface area contributed by atoms with Crippen LogP contribution in [0.2, 0.25) is 0 Å². The molecule has 7 nitrogen and oxygen atoms in total. The van der Waals surface area contributed by atoms with Gasteiger partial charge in [-0.25, -0.2) is 4.98 Å². The van der Waals surface area contributed by atoms with E-state index in [0.717, 1.165) is 69.3 Å². The number of anilines is 1. The van der Waals surface area contributed by atoms with E-state index in [1.807, 2.05) is 10.9 Å². The minimum atomic E-state index is 0.392. The molecule has 0 saturated heterocycles. The molecule has 0 amide bonds. The standard InChI is InChI=1S/C23H40N6O/c1-2-3-4-5-6-7-11-15-22(30)16-12-17-29-19-21(27-28-29)14-10-8-9-13-20-18-25-23(24)26-20/h18-19H,2-17H2,1H3,(H3,24,25,26). The highest BCUT2D eigenvalue weighted by molar-refractivity contribution is 5.78. The van der Waals surface area contributed by atoms with E-state index in [-0.39, 0.29) is 0 Å². The molecule has 2 rings (SSSR count). The maximum absolute atomic E-state index is 12.0. The van der Waals surface area contributed by atoms with E-state index in [1.54, 1.807) is 6.20 Å². The van der Waals surface area contributed by atoms with Crippen molar-refractivity contribution < 1.29 is 4.79 Å². The Morgan fingerprint density at radius 2 is 1.67 bits per heavy atom. The molecule has 0 aliphatic rings. The Morgan fingerprint density at radius 1 is 0.967 bits per heavy atom. The molecule has 0 fully saturated rings. The molecule has 7 heteroatoms. The molecule has 2 aromatic heterocycles. The number of aromatic amines is 1. The van der Waals surface area contributed by atoms with Gasteiger partial charge in [0.1, 0.15) is 5.78 Å². The summed E-state index contributed by atoms with van der Waals surface area (Å²) in [5.74, 6) is 0.879. The summed E-state index contributed by atoms with van der Waals surface area (Å²) >= 11 is 0. The fourth-order valence-electron chi connectivity index (χ4n) is 3.71. The summed E-state index contributed by atoms with van der Waals surface area (Å²) < 4.78 is 1.88. The van der Waals surface area contributed by atoms with Crippen molar-refractivity contribution in [1.82, 2.24) is 25.0 Å². The predicted octanol–water partition coefficient (Wildman–Crippen LogP) is 5.03. The minimum Gasteiger partial charge on any atom is -0.369 e.